The molecule has 2 heterocycles. The first-order chi connectivity index (χ1) is 8.74. The number of aryl methyl sites for hydroxylation is 1. The standard InChI is InChI=1S/C14H11BrN2S/c1-9-11(15)6-7-14(16-9)17-12-8-18-13-5-3-2-4-10(12)13/h2-8H,1H3,(H,16,17). The van der Waals surface area contributed by atoms with Gasteiger partial charge in [0.15, 0.2) is 0 Å². The second-order valence-corrected chi connectivity index (χ2v) is 5.80. The number of benzene rings is 1. The number of aromatic nitrogens is 1. The average Bonchev–Trinajstić information content (AvgIpc) is 2.78. The van der Waals surface area contributed by atoms with Crippen molar-refractivity contribution in [2.75, 3.05) is 5.32 Å². The van der Waals surface area contributed by atoms with E-state index < -0.39 is 0 Å². The van der Waals surface area contributed by atoms with Crippen molar-refractivity contribution in [1.29, 1.82) is 0 Å². The third kappa shape index (κ3) is 2.13. The number of hydrogen-bond acceptors (Lipinski definition) is 3. The normalized spacial score (nSPS) is 10.8. The molecule has 0 atom stereocenters. The van der Waals surface area contributed by atoms with Crippen molar-refractivity contribution >= 4 is 48.9 Å². The van der Waals surface area contributed by atoms with Gasteiger partial charge < -0.3 is 5.32 Å². The Hall–Kier alpha value is -1.39. The van der Waals surface area contributed by atoms with Gasteiger partial charge in [0.05, 0.1) is 11.4 Å². The van der Waals surface area contributed by atoms with Crippen molar-refractivity contribution in [3.05, 3.63) is 51.9 Å². The molecular weight excluding hydrogens is 308 g/mol. The topological polar surface area (TPSA) is 24.9 Å². The summed E-state index contributed by atoms with van der Waals surface area (Å²) in [6.45, 7) is 1.99. The minimum atomic E-state index is 0.874. The summed E-state index contributed by atoms with van der Waals surface area (Å²) in [5.74, 6) is 0.874. The summed E-state index contributed by atoms with van der Waals surface area (Å²) in [5.41, 5.74) is 2.10. The Labute approximate surface area is 118 Å². The predicted octanol–water partition coefficient (Wildman–Crippen LogP) is 5.11. The molecule has 0 bridgehead atoms. The van der Waals surface area contributed by atoms with Crippen LogP contribution < -0.4 is 5.32 Å². The average molecular weight is 319 g/mol. The molecule has 0 saturated carbocycles. The van der Waals surface area contributed by atoms with Gasteiger partial charge in [0.1, 0.15) is 5.82 Å². The Morgan fingerprint density at radius 2 is 2.00 bits per heavy atom. The van der Waals surface area contributed by atoms with Crippen molar-refractivity contribution in [2.24, 2.45) is 0 Å². The second kappa shape index (κ2) is 4.71. The summed E-state index contributed by atoms with van der Waals surface area (Å²) in [5, 5.41) is 6.74. The molecule has 2 aromatic heterocycles. The summed E-state index contributed by atoms with van der Waals surface area (Å²) in [6.07, 6.45) is 0. The molecule has 0 spiro atoms. The third-order valence-corrected chi connectivity index (χ3v) is 4.57. The van der Waals surface area contributed by atoms with Crippen LogP contribution in [-0.2, 0) is 0 Å². The van der Waals surface area contributed by atoms with Gasteiger partial charge in [-0.2, -0.15) is 0 Å². The molecule has 1 aromatic carbocycles. The van der Waals surface area contributed by atoms with Crippen molar-refractivity contribution in [3.63, 3.8) is 0 Å². The van der Waals surface area contributed by atoms with Crippen LogP contribution in [0, 0.1) is 6.92 Å². The predicted molar refractivity (Wildman–Crippen MR) is 81.8 cm³/mol. The number of nitrogens with one attached hydrogen (secondary N) is 1. The zero-order valence-electron chi connectivity index (χ0n) is 9.77. The van der Waals surface area contributed by atoms with Gasteiger partial charge in [-0.1, -0.05) is 18.2 Å². The van der Waals surface area contributed by atoms with Gasteiger partial charge in [-0.3, -0.25) is 0 Å². The van der Waals surface area contributed by atoms with Crippen molar-refractivity contribution in [3.8, 4) is 0 Å². The van der Waals surface area contributed by atoms with E-state index in [4.69, 9.17) is 0 Å². The minimum absolute atomic E-state index is 0.874. The first-order valence-corrected chi connectivity index (χ1v) is 7.28. The third-order valence-electron chi connectivity index (χ3n) is 2.77. The largest absolute Gasteiger partial charge is 0.339 e. The molecule has 0 radical (unpaired) electrons. The lowest BCUT2D eigenvalue weighted by Gasteiger charge is -2.06. The van der Waals surface area contributed by atoms with Gasteiger partial charge in [0.25, 0.3) is 0 Å². The number of anilines is 2. The minimum Gasteiger partial charge on any atom is -0.339 e. The van der Waals surface area contributed by atoms with Crippen molar-refractivity contribution in [1.82, 2.24) is 4.98 Å². The smallest absolute Gasteiger partial charge is 0.130 e. The Balaban J connectivity index is 1.98. The number of pyridine rings is 1. The zero-order valence-corrected chi connectivity index (χ0v) is 12.2. The zero-order chi connectivity index (χ0) is 12.5. The van der Waals surface area contributed by atoms with Crippen LogP contribution in [0.3, 0.4) is 0 Å². The summed E-state index contributed by atoms with van der Waals surface area (Å²) in [7, 11) is 0. The molecule has 0 aliphatic rings. The van der Waals surface area contributed by atoms with Crippen LogP contribution in [0.15, 0.2) is 46.3 Å². The van der Waals surface area contributed by atoms with Crippen LogP contribution in [0.2, 0.25) is 0 Å². The molecule has 0 aliphatic carbocycles. The first kappa shape index (κ1) is 11.7. The van der Waals surface area contributed by atoms with E-state index in [1.54, 1.807) is 11.3 Å². The molecule has 18 heavy (non-hydrogen) atoms. The van der Waals surface area contributed by atoms with Crippen molar-refractivity contribution in [2.45, 2.75) is 6.92 Å². The quantitative estimate of drug-likeness (QED) is 0.710. The summed E-state index contributed by atoms with van der Waals surface area (Å²) in [6, 6.07) is 12.4. The molecule has 4 heteroatoms. The SMILES string of the molecule is Cc1nc(Nc2csc3ccccc23)ccc1Br. The Morgan fingerprint density at radius 3 is 2.83 bits per heavy atom. The van der Waals surface area contributed by atoms with E-state index in [1.807, 2.05) is 19.1 Å². The molecular formula is C14H11BrN2S. The maximum atomic E-state index is 4.50. The number of nitrogens with zero attached hydrogens (tertiary/aromatic N) is 1. The number of rotatable bonds is 2. The van der Waals surface area contributed by atoms with Gasteiger partial charge in [-0.05, 0) is 41.1 Å². The molecule has 3 aromatic rings. The Bertz CT molecular complexity index is 706. The highest BCUT2D eigenvalue weighted by atomic mass is 79.9. The number of thiophene rings is 1. The summed E-state index contributed by atoms with van der Waals surface area (Å²) in [4.78, 5) is 4.50. The maximum absolute atomic E-state index is 4.50. The van der Waals surface area contributed by atoms with E-state index >= 15 is 0 Å². The molecule has 0 aliphatic heterocycles. The van der Waals surface area contributed by atoms with Gasteiger partial charge >= 0.3 is 0 Å². The maximum Gasteiger partial charge on any atom is 0.130 e. The molecule has 0 fully saturated rings. The van der Waals surface area contributed by atoms with Crippen LogP contribution in [0.25, 0.3) is 10.1 Å². The number of fused-ring (bicyclic) bond motifs is 1. The van der Waals surface area contributed by atoms with E-state index in [0.717, 1.165) is 21.7 Å². The molecule has 0 saturated heterocycles. The molecule has 1 N–H and O–H groups in total. The lowest BCUT2D eigenvalue weighted by Crippen LogP contribution is -1.94. The molecule has 3 rings (SSSR count). The number of hydrogen-bond donors (Lipinski definition) is 1. The number of halogens is 1. The van der Waals surface area contributed by atoms with E-state index in [1.165, 1.54) is 10.1 Å². The highest BCUT2D eigenvalue weighted by Crippen LogP contribution is 2.31. The lowest BCUT2D eigenvalue weighted by atomic mass is 10.2. The van der Waals surface area contributed by atoms with Crippen LogP contribution in [0.1, 0.15) is 5.69 Å². The van der Waals surface area contributed by atoms with Crippen LogP contribution in [0.5, 0.6) is 0 Å². The highest BCUT2D eigenvalue weighted by Gasteiger charge is 2.05. The lowest BCUT2D eigenvalue weighted by molar-refractivity contribution is 1.18. The van der Waals surface area contributed by atoms with Crippen LogP contribution >= 0.6 is 27.3 Å². The highest BCUT2D eigenvalue weighted by molar-refractivity contribution is 9.10. The van der Waals surface area contributed by atoms with Gasteiger partial charge in [-0.15, -0.1) is 11.3 Å². The van der Waals surface area contributed by atoms with Crippen LogP contribution in [0.4, 0.5) is 11.5 Å². The molecule has 0 amide bonds. The van der Waals surface area contributed by atoms with Gasteiger partial charge in [0.2, 0.25) is 0 Å². The molecule has 2 nitrogen and oxygen atoms in total. The van der Waals surface area contributed by atoms with E-state index in [-0.39, 0.29) is 0 Å². The first-order valence-electron chi connectivity index (χ1n) is 5.60. The summed E-state index contributed by atoms with van der Waals surface area (Å²) >= 11 is 5.20. The van der Waals surface area contributed by atoms with Gasteiger partial charge in [-0.25, -0.2) is 4.98 Å². The Morgan fingerprint density at radius 1 is 1.17 bits per heavy atom. The van der Waals surface area contributed by atoms with E-state index in [9.17, 15) is 0 Å². The molecule has 90 valence electrons. The fourth-order valence-corrected chi connectivity index (χ4v) is 2.94. The van der Waals surface area contributed by atoms with Gasteiger partial charge in [0, 0.05) is 19.9 Å². The molecule has 0 unspecified atom stereocenters. The van der Waals surface area contributed by atoms with E-state index in [2.05, 4.69) is 55.9 Å². The van der Waals surface area contributed by atoms with E-state index in [0.29, 0.717) is 0 Å². The fourth-order valence-electron chi connectivity index (χ4n) is 1.83. The summed E-state index contributed by atoms with van der Waals surface area (Å²) < 4.78 is 2.32. The Kier molecular flexibility index (Phi) is 3.06. The second-order valence-electron chi connectivity index (χ2n) is 4.03. The van der Waals surface area contributed by atoms with Crippen LogP contribution in [-0.4, -0.2) is 4.98 Å². The fraction of sp³-hybridized carbons (Fsp3) is 0.0714. The monoisotopic (exact) mass is 318 g/mol. The van der Waals surface area contributed by atoms with Crippen molar-refractivity contribution < 1.29 is 0 Å².